The van der Waals surface area contributed by atoms with E-state index in [9.17, 15) is 0 Å². The molecule has 1 saturated carbocycles. The summed E-state index contributed by atoms with van der Waals surface area (Å²) in [6, 6.07) is 25.0. The quantitative estimate of drug-likeness (QED) is 0.417. The summed E-state index contributed by atoms with van der Waals surface area (Å²) in [6.07, 6.45) is 8.08. The third kappa shape index (κ3) is 3.88. The van der Waals surface area contributed by atoms with Crippen LogP contribution in [0.5, 0.6) is 0 Å². The minimum atomic E-state index is 0.138. The third-order valence-electron chi connectivity index (χ3n) is 7.46. The molecular formula is C28H33N3. The van der Waals surface area contributed by atoms with Crippen molar-refractivity contribution in [1.29, 1.82) is 0 Å². The van der Waals surface area contributed by atoms with E-state index in [1.54, 1.807) is 0 Å². The van der Waals surface area contributed by atoms with E-state index >= 15 is 0 Å². The van der Waals surface area contributed by atoms with Gasteiger partial charge in [0, 0.05) is 28.7 Å². The molecule has 4 aromatic rings. The predicted molar refractivity (Wildman–Crippen MR) is 132 cm³/mol. The second kappa shape index (κ2) is 8.49. The first-order chi connectivity index (χ1) is 15.2. The number of hydrogen-bond acceptors (Lipinski definition) is 2. The Morgan fingerprint density at radius 3 is 2.48 bits per heavy atom. The lowest BCUT2D eigenvalue weighted by Gasteiger charge is -2.46. The normalized spacial score (nSPS) is 21.8. The molecule has 0 atom stereocenters. The average Bonchev–Trinajstić information content (AvgIpc) is 3.22. The topological polar surface area (TPSA) is 31.1 Å². The largest absolute Gasteiger partial charge is 0.361 e. The Labute approximate surface area is 185 Å². The molecule has 0 amide bonds. The van der Waals surface area contributed by atoms with Gasteiger partial charge in [-0.3, -0.25) is 4.90 Å². The van der Waals surface area contributed by atoms with Crippen molar-refractivity contribution in [3.63, 3.8) is 0 Å². The number of benzene rings is 3. The van der Waals surface area contributed by atoms with E-state index in [1.165, 1.54) is 58.5 Å². The van der Waals surface area contributed by atoms with Crippen LogP contribution in [-0.4, -0.2) is 36.6 Å². The van der Waals surface area contributed by atoms with Gasteiger partial charge in [0.1, 0.15) is 0 Å². The van der Waals surface area contributed by atoms with Gasteiger partial charge in [-0.05, 0) is 86.8 Å². The van der Waals surface area contributed by atoms with Crippen LogP contribution in [0.3, 0.4) is 0 Å². The lowest BCUT2D eigenvalue weighted by Crippen LogP contribution is -2.48. The van der Waals surface area contributed by atoms with E-state index in [0.29, 0.717) is 6.04 Å². The summed E-state index contributed by atoms with van der Waals surface area (Å²) >= 11 is 0. The van der Waals surface area contributed by atoms with Crippen LogP contribution in [-0.2, 0) is 12.0 Å². The van der Waals surface area contributed by atoms with Crippen molar-refractivity contribution in [1.82, 2.24) is 15.2 Å². The van der Waals surface area contributed by atoms with Crippen molar-refractivity contribution in [3.05, 3.63) is 84.1 Å². The summed E-state index contributed by atoms with van der Waals surface area (Å²) in [4.78, 5) is 5.85. The number of fused-ring (bicyclic) bond motifs is 2. The van der Waals surface area contributed by atoms with Crippen LogP contribution in [0.15, 0.2) is 72.9 Å². The van der Waals surface area contributed by atoms with E-state index in [1.807, 2.05) is 0 Å². The Bertz CT molecular complexity index is 1170. The van der Waals surface area contributed by atoms with Crippen molar-refractivity contribution in [2.45, 2.75) is 43.7 Å². The summed E-state index contributed by atoms with van der Waals surface area (Å²) in [5.41, 5.74) is 4.26. The molecule has 1 fully saturated rings. The first-order valence-corrected chi connectivity index (χ1v) is 11.6. The molecular weight excluding hydrogens is 378 g/mol. The number of H-pyrrole nitrogens is 1. The number of aromatic nitrogens is 1. The SMILES string of the molecule is CN(C)C1(c2ccc3ccccc3c2)CCC(NCCc2c[nH]c3ccccc23)CC1. The van der Waals surface area contributed by atoms with E-state index < -0.39 is 0 Å². The zero-order chi connectivity index (χ0) is 21.3. The highest BCUT2D eigenvalue weighted by Crippen LogP contribution is 2.42. The Kier molecular flexibility index (Phi) is 5.56. The molecule has 0 spiro atoms. The number of hydrogen-bond donors (Lipinski definition) is 2. The molecule has 0 bridgehead atoms. The molecule has 0 unspecified atom stereocenters. The summed E-state index contributed by atoms with van der Waals surface area (Å²) < 4.78 is 0. The fourth-order valence-corrected chi connectivity index (χ4v) is 5.52. The van der Waals surface area contributed by atoms with Crippen molar-refractivity contribution in [2.24, 2.45) is 0 Å². The lowest BCUT2D eigenvalue weighted by atomic mass is 9.73. The van der Waals surface area contributed by atoms with E-state index in [4.69, 9.17) is 0 Å². The van der Waals surface area contributed by atoms with Gasteiger partial charge < -0.3 is 10.3 Å². The number of aromatic amines is 1. The molecule has 1 aromatic heterocycles. The van der Waals surface area contributed by atoms with Crippen LogP contribution >= 0.6 is 0 Å². The third-order valence-corrected chi connectivity index (χ3v) is 7.46. The van der Waals surface area contributed by atoms with Gasteiger partial charge in [0.25, 0.3) is 0 Å². The smallest absolute Gasteiger partial charge is 0.0456 e. The fraction of sp³-hybridized carbons (Fsp3) is 0.357. The molecule has 0 radical (unpaired) electrons. The standard InChI is InChI=1S/C28H33N3/c1-31(2)28(24-12-11-21-7-3-4-8-22(21)19-24)16-13-25(14-17-28)29-18-15-23-20-30-27-10-6-5-9-26(23)27/h3-12,19-20,25,29-30H,13-18H2,1-2H3. The van der Waals surface area contributed by atoms with Gasteiger partial charge in [0.2, 0.25) is 0 Å². The first-order valence-electron chi connectivity index (χ1n) is 11.6. The first kappa shape index (κ1) is 20.3. The van der Waals surface area contributed by atoms with Gasteiger partial charge in [0.15, 0.2) is 0 Å². The molecule has 5 rings (SSSR count). The second-order valence-electron chi connectivity index (χ2n) is 9.33. The average molecular weight is 412 g/mol. The summed E-state index contributed by atoms with van der Waals surface area (Å²) in [5, 5.41) is 7.88. The Morgan fingerprint density at radius 1 is 0.935 bits per heavy atom. The molecule has 3 aromatic carbocycles. The number of para-hydroxylation sites is 1. The van der Waals surface area contributed by atoms with E-state index in [0.717, 1.165) is 13.0 Å². The van der Waals surface area contributed by atoms with Gasteiger partial charge in [-0.15, -0.1) is 0 Å². The Balaban J connectivity index is 1.24. The van der Waals surface area contributed by atoms with Crippen molar-refractivity contribution < 1.29 is 0 Å². The van der Waals surface area contributed by atoms with Gasteiger partial charge >= 0.3 is 0 Å². The molecule has 1 aliphatic rings. The summed E-state index contributed by atoms with van der Waals surface area (Å²) in [5.74, 6) is 0. The molecule has 160 valence electrons. The second-order valence-corrected chi connectivity index (χ2v) is 9.33. The number of rotatable bonds is 6. The molecule has 0 aliphatic heterocycles. The van der Waals surface area contributed by atoms with Crippen LogP contribution in [0.2, 0.25) is 0 Å². The Hall–Kier alpha value is -2.62. The highest BCUT2D eigenvalue weighted by molar-refractivity contribution is 5.83. The molecule has 3 heteroatoms. The van der Waals surface area contributed by atoms with Crippen LogP contribution in [0, 0.1) is 0 Å². The lowest BCUT2D eigenvalue weighted by molar-refractivity contribution is 0.0859. The van der Waals surface area contributed by atoms with Crippen molar-refractivity contribution in [3.8, 4) is 0 Å². The molecule has 3 nitrogen and oxygen atoms in total. The molecule has 1 heterocycles. The predicted octanol–water partition coefficient (Wildman–Crippen LogP) is 5.85. The monoisotopic (exact) mass is 411 g/mol. The molecule has 0 saturated heterocycles. The number of nitrogens with one attached hydrogen (secondary N) is 2. The maximum atomic E-state index is 3.85. The molecule has 31 heavy (non-hydrogen) atoms. The van der Waals surface area contributed by atoms with E-state index in [2.05, 4.69) is 102 Å². The minimum Gasteiger partial charge on any atom is -0.361 e. The molecule has 1 aliphatic carbocycles. The highest BCUT2D eigenvalue weighted by atomic mass is 15.1. The van der Waals surface area contributed by atoms with Crippen molar-refractivity contribution in [2.75, 3.05) is 20.6 Å². The highest BCUT2D eigenvalue weighted by Gasteiger charge is 2.38. The van der Waals surface area contributed by atoms with Gasteiger partial charge in [0.05, 0.1) is 0 Å². The minimum absolute atomic E-state index is 0.138. The zero-order valence-corrected chi connectivity index (χ0v) is 18.7. The zero-order valence-electron chi connectivity index (χ0n) is 18.7. The van der Waals surface area contributed by atoms with Gasteiger partial charge in [-0.2, -0.15) is 0 Å². The van der Waals surface area contributed by atoms with Crippen LogP contribution in [0.4, 0.5) is 0 Å². The Morgan fingerprint density at radius 2 is 1.68 bits per heavy atom. The summed E-state index contributed by atoms with van der Waals surface area (Å²) in [6.45, 7) is 1.04. The maximum absolute atomic E-state index is 3.85. The van der Waals surface area contributed by atoms with Crippen molar-refractivity contribution >= 4 is 21.7 Å². The molecule has 2 N–H and O–H groups in total. The van der Waals surface area contributed by atoms with Gasteiger partial charge in [-0.25, -0.2) is 0 Å². The number of nitrogens with zero attached hydrogens (tertiary/aromatic N) is 1. The van der Waals surface area contributed by atoms with Crippen LogP contribution < -0.4 is 5.32 Å². The van der Waals surface area contributed by atoms with Crippen LogP contribution in [0.25, 0.3) is 21.7 Å². The summed E-state index contributed by atoms with van der Waals surface area (Å²) in [7, 11) is 4.50. The van der Waals surface area contributed by atoms with Crippen LogP contribution in [0.1, 0.15) is 36.8 Å². The van der Waals surface area contributed by atoms with Gasteiger partial charge in [-0.1, -0.05) is 54.6 Å². The fourth-order valence-electron chi connectivity index (χ4n) is 5.52. The van der Waals surface area contributed by atoms with E-state index in [-0.39, 0.29) is 5.54 Å². The maximum Gasteiger partial charge on any atom is 0.0456 e.